The number of anilines is 1. The summed E-state index contributed by atoms with van der Waals surface area (Å²) in [5.74, 6) is -11.8. The number of nitrogens with two attached hydrogens (primary N) is 2. The minimum Gasteiger partial charge on any atom is -0.481 e. The number of amides is 10. The van der Waals surface area contributed by atoms with Gasteiger partial charge in [0, 0.05) is 49.1 Å². The van der Waals surface area contributed by atoms with E-state index in [9.17, 15) is 67.7 Å². The van der Waals surface area contributed by atoms with E-state index in [-0.39, 0.29) is 62.5 Å². The molecule has 1 aromatic heterocycles. The van der Waals surface area contributed by atoms with Crippen molar-refractivity contribution < 1.29 is 67.7 Å². The van der Waals surface area contributed by atoms with Gasteiger partial charge in [0.05, 0.1) is 24.5 Å². The summed E-state index contributed by atoms with van der Waals surface area (Å²) in [5.41, 5.74) is 13.4. The van der Waals surface area contributed by atoms with Crippen LogP contribution < -0.4 is 59.3 Å². The van der Waals surface area contributed by atoms with E-state index in [1.54, 1.807) is 119 Å². The Balaban J connectivity index is 1.42. The van der Waals surface area contributed by atoms with Gasteiger partial charge < -0.3 is 79.4 Å². The Kier molecular flexibility index (Phi) is 31.1. The zero-order chi connectivity index (χ0) is 68.9. The number of carboxylic acid groups (broad SMARTS) is 2. The van der Waals surface area contributed by atoms with E-state index in [0.29, 0.717) is 54.7 Å². The number of carboxylic acids is 2. The summed E-state index contributed by atoms with van der Waals surface area (Å²) in [5, 5.41) is 43.7. The molecule has 10 amide bonds. The maximum atomic E-state index is 14.9. The van der Waals surface area contributed by atoms with Crippen LogP contribution in [0.5, 0.6) is 0 Å². The summed E-state index contributed by atoms with van der Waals surface area (Å²) in [4.78, 5) is 174. The molecule has 1 aliphatic heterocycles. The van der Waals surface area contributed by atoms with E-state index >= 15 is 0 Å². The third-order valence-electron chi connectivity index (χ3n) is 15.6. The van der Waals surface area contributed by atoms with Crippen molar-refractivity contribution in [1.82, 2.24) is 57.4 Å². The predicted molar refractivity (Wildman–Crippen MR) is 351 cm³/mol. The van der Waals surface area contributed by atoms with Crippen LogP contribution in [0.25, 0.3) is 0 Å². The Morgan fingerprint density at radius 3 is 1.71 bits per heavy atom. The van der Waals surface area contributed by atoms with E-state index in [2.05, 4.69) is 57.8 Å². The molecule has 94 heavy (non-hydrogen) atoms. The normalized spacial score (nSPS) is 16.0. The number of carbonyl (C=O) groups excluding carboxylic acids is 10. The zero-order valence-electron chi connectivity index (χ0n) is 53.6. The Hall–Kier alpha value is -9.22. The van der Waals surface area contributed by atoms with Crippen molar-refractivity contribution >= 4 is 88.5 Å². The summed E-state index contributed by atoms with van der Waals surface area (Å²) in [6, 6.07) is 12.4. The van der Waals surface area contributed by atoms with Gasteiger partial charge in [0.15, 0.2) is 0 Å². The van der Waals surface area contributed by atoms with Gasteiger partial charge in [-0.2, -0.15) is 0 Å². The Morgan fingerprint density at radius 2 is 1.16 bits per heavy atom. The number of hydrogen-bond donors (Lipinski definition) is 14. The minimum absolute atomic E-state index is 0.0153. The highest BCUT2D eigenvalue weighted by molar-refractivity contribution is 8.00. The fourth-order valence-electron chi connectivity index (χ4n) is 10.3. The monoisotopic (exact) mass is 1320 g/mol. The number of hydrogen-bond acceptors (Lipinski definition) is 16. The fourth-order valence-corrected chi connectivity index (χ4v) is 11.2. The van der Waals surface area contributed by atoms with Gasteiger partial charge in [0.25, 0.3) is 0 Å². The number of benzene rings is 3. The number of unbranched alkanes of at least 4 members (excludes halogenated alkanes) is 1. The molecule has 29 heteroatoms. The summed E-state index contributed by atoms with van der Waals surface area (Å²) in [6.07, 6.45) is 3.30. The standard InChI is InChI=1S/C65H90N14O14S/c1-6-39(4)55(63(90)71-45(65(92)93)25-16-17-27-66)78-61(88)51(35-94-36-53(80)70-43-23-14-9-15-24-43)77-59(86)47(30-41-19-10-7-11-20-41)74-57(84)46(29-38(2)3)73-58(85)48(31-42-21-12-8-13-22-42)75-62(89)52-26-18-28-79(52)64(91)50(32-44-34-68-37-69-44)76-60(87)49(33-54(81)82)72-56(83)40(5)67/h7-15,19-24,34,37-40,45-52,55H,6,16-18,25-33,35-36,66-67H2,1-5H3,(H,68,69)(H,70,80)(H,71,90)(H,72,83)(H,73,85)(H,74,84)(H,75,89)(H,76,87)(H,77,86)(H,78,88)(H,81,82)(H,92,93)/t39-,40-,45-,46-,47-,48-,49-,50-,51-,52-,55-/m0/s1. The molecular formula is C65H90N14O14S. The third kappa shape index (κ3) is 25.0. The van der Waals surface area contributed by atoms with E-state index in [1.807, 2.05) is 0 Å². The highest BCUT2D eigenvalue weighted by atomic mass is 32.2. The van der Waals surface area contributed by atoms with Crippen LogP contribution >= 0.6 is 11.8 Å². The minimum atomic E-state index is -1.64. The molecule has 28 nitrogen and oxygen atoms in total. The molecule has 1 aliphatic rings. The second-order valence-corrected chi connectivity index (χ2v) is 24.7. The molecular weight excluding hydrogens is 1230 g/mol. The highest BCUT2D eigenvalue weighted by Crippen LogP contribution is 2.22. The predicted octanol–water partition coefficient (Wildman–Crippen LogP) is 0.807. The summed E-state index contributed by atoms with van der Waals surface area (Å²) >= 11 is 0.998. The van der Waals surface area contributed by atoms with Gasteiger partial charge in [0.2, 0.25) is 59.1 Å². The molecule has 0 radical (unpaired) electrons. The molecule has 0 saturated carbocycles. The van der Waals surface area contributed by atoms with E-state index in [0.717, 1.165) is 11.8 Å². The van der Waals surface area contributed by atoms with Crippen molar-refractivity contribution in [3.8, 4) is 0 Å². The smallest absolute Gasteiger partial charge is 0.326 e. The summed E-state index contributed by atoms with van der Waals surface area (Å²) in [6.45, 7) is 8.77. The number of nitrogens with one attached hydrogen (secondary N) is 10. The number of aromatic amines is 1. The number of aromatic nitrogens is 2. The molecule has 0 unspecified atom stereocenters. The molecule has 2 heterocycles. The van der Waals surface area contributed by atoms with Gasteiger partial charge in [-0.05, 0) is 87.1 Å². The first-order valence-corrected chi connectivity index (χ1v) is 32.6. The quantitative estimate of drug-likeness (QED) is 0.0275. The highest BCUT2D eigenvalue weighted by Gasteiger charge is 2.41. The number of imidazole rings is 1. The van der Waals surface area contributed by atoms with Gasteiger partial charge in [-0.25, -0.2) is 9.78 Å². The number of thioether (sulfide) groups is 1. The van der Waals surface area contributed by atoms with E-state index < -0.39 is 144 Å². The van der Waals surface area contributed by atoms with Crippen LogP contribution in [-0.4, -0.2) is 181 Å². The van der Waals surface area contributed by atoms with Gasteiger partial charge in [-0.1, -0.05) is 113 Å². The van der Waals surface area contributed by atoms with Gasteiger partial charge in [0.1, 0.15) is 54.4 Å². The Bertz CT molecular complexity index is 3160. The van der Waals surface area contributed by atoms with Crippen molar-refractivity contribution in [3.63, 3.8) is 0 Å². The molecule has 0 bridgehead atoms. The average molecular weight is 1320 g/mol. The largest absolute Gasteiger partial charge is 0.481 e. The molecule has 16 N–H and O–H groups in total. The number of nitrogens with zero attached hydrogens (tertiary/aromatic N) is 2. The topological polar surface area (TPSA) is 438 Å². The average Bonchev–Trinajstić information content (AvgIpc) is 1.63. The van der Waals surface area contributed by atoms with Crippen molar-refractivity contribution in [2.75, 3.05) is 29.9 Å². The maximum Gasteiger partial charge on any atom is 0.326 e. The first-order chi connectivity index (χ1) is 44.9. The van der Waals surface area contributed by atoms with Crippen LogP contribution in [0.4, 0.5) is 5.69 Å². The Labute approximate surface area is 550 Å². The van der Waals surface area contributed by atoms with Crippen LogP contribution in [-0.2, 0) is 76.8 Å². The van der Waals surface area contributed by atoms with Crippen LogP contribution in [0, 0.1) is 11.8 Å². The van der Waals surface area contributed by atoms with Crippen molar-refractivity contribution in [3.05, 3.63) is 120 Å². The van der Waals surface area contributed by atoms with Crippen LogP contribution in [0.2, 0.25) is 0 Å². The van der Waals surface area contributed by atoms with Crippen LogP contribution in [0.15, 0.2) is 104 Å². The lowest BCUT2D eigenvalue weighted by molar-refractivity contribution is -0.143. The molecule has 5 rings (SSSR count). The van der Waals surface area contributed by atoms with Crippen LogP contribution in [0.1, 0.15) is 103 Å². The number of para-hydroxylation sites is 1. The second-order valence-electron chi connectivity index (χ2n) is 23.7. The third-order valence-corrected chi connectivity index (χ3v) is 16.6. The first-order valence-electron chi connectivity index (χ1n) is 31.5. The maximum absolute atomic E-state index is 14.9. The molecule has 510 valence electrons. The van der Waals surface area contributed by atoms with Crippen molar-refractivity contribution in [2.24, 2.45) is 23.3 Å². The molecule has 0 aliphatic carbocycles. The van der Waals surface area contributed by atoms with E-state index in [4.69, 9.17) is 11.5 Å². The lowest BCUT2D eigenvalue weighted by Crippen LogP contribution is -2.61. The van der Waals surface area contributed by atoms with Gasteiger partial charge >= 0.3 is 11.9 Å². The Morgan fingerprint density at radius 1 is 0.628 bits per heavy atom. The second kappa shape index (κ2) is 38.7. The van der Waals surface area contributed by atoms with Crippen molar-refractivity contribution in [2.45, 2.75) is 166 Å². The molecule has 3 aromatic carbocycles. The molecule has 11 atom stereocenters. The number of rotatable bonds is 39. The lowest BCUT2D eigenvalue weighted by Gasteiger charge is -2.31. The number of aliphatic carboxylic acids is 2. The number of carbonyl (C=O) groups is 12. The fraction of sp³-hybridized carbons (Fsp3) is 0.492. The first kappa shape index (κ1) is 75.5. The molecule has 1 fully saturated rings. The number of H-pyrrole nitrogens is 1. The lowest BCUT2D eigenvalue weighted by atomic mass is 9.97. The van der Waals surface area contributed by atoms with Gasteiger partial charge in [-0.3, -0.25) is 52.7 Å². The van der Waals surface area contributed by atoms with Crippen LogP contribution in [0.3, 0.4) is 0 Å². The summed E-state index contributed by atoms with van der Waals surface area (Å²) < 4.78 is 0. The SMILES string of the molecule is CC[C@H](C)[C@H](NC(=O)[C@H](CSCC(=O)Nc1ccccc1)NC(=O)[C@H](Cc1ccccc1)NC(=O)[C@H](CC(C)C)NC(=O)[C@H](Cc1ccccc1)NC(=O)[C@@H]1CCCN1C(=O)[C@H](Cc1cnc[nH]1)NC(=O)[C@H](CC(=O)O)NC(=O)[C@H](C)N)C(=O)N[C@@H](CCCCN)C(=O)O. The van der Waals surface area contributed by atoms with Crippen molar-refractivity contribution in [1.29, 1.82) is 0 Å². The zero-order valence-corrected chi connectivity index (χ0v) is 54.4. The summed E-state index contributed by atoms with van der Waals surface area (Å²) in [7, 11) is 0. The number of likely N-dealkylation sites (tertiary alicyclic amines) is 1. The molecule has 0 spiro atoms. The van der Waals surface area contributed by atoms with E-state index in [1.165, 1.54) is 24.3 Å². The molecule has 1 saturated heterocycles. The van der Waals surface area contributed by atoms with Gasteiger partial charge in [-0.15, -0.1) is 11.8 Å². The molecule has 4 aromatic rings.